The smallest absolute Gasteiger partial charge is 0.162 e. The minimum absolute atomic E-state index is 0.113. The Bertz CT molecular complexity index is 225. The summed E-state index contributed by atoms with van der Waals surface area (Å²) in [4.78, 5) is 11.5. The van der Waals surface area contributed by atoms with Crippen molar-refractivity contribution in [1.82, 2.24) is 0 Å². The van der Waals surface area contributed by atoms with Gasteiger partial charge in [-0.25, -0.2) is 0 Å². The van der Waals surface area contributed by atoms with Gasteiger partial charge in [-0.05, 0) is 19.6 Å². The lowest BCUT2D eigenvalue weighted by molar-refractivity contribution is -1.23. The zero-order chi connectivity index (χ0) is 12.6. The van der Waals surface area contributed by atoms with Gasteiger partial charge in [0.1, 0.15) is 0 Å². The van der Waals surface area contributed by atoms with E-state index in [0.717, 1.165) is 31.7 Å². The Hall–Kier alpha value is -0.610. The maximum absolute atomic E-state index is 5.72. The van der Waals surface area contributed by atoms with Crippen molar-refractivity contribution in [2.75, 3.05) is 18.8 Å². The molecule has 16 heavy (non-hydrogen) atoms. The van der Waals surface area contributed by atoms with Gasteiger partial charge in [0.05, 0.1) is 0 Å². The quantitative estimate of drug-likeness (QED) is 0.291. The van der Waals surface area contributed by atoms with Gasteiger partial charge in [-0.1, -0.05) is 20.1 Å². The molecule has 0 N–H and O–H groups in total. The van der Waals surface area contributed by atoms with Crippen LogP contribution in [0.5, 0.6) is 0 Å². The number of hydroxylamine groups is 4. The maximum atomic E-state index is 5.72. The summed E-state index contributed by atoms with van der Waals surface area (Å²) in [6.07, 6.45) is 1.89. The van der Waals surface area contributed by atoms with Gasteiger partial charge >= 0.3 is 0 Å². The predicted molar refractivity (Wildman–Crippen MR) is 70.6 cm³/mol. The van der Waals surface area contributed by atoms with E-state index < -0.39 is 0 Å². The molecule has 0 atom stereocenters. The average Bonchev–Trinajstić information content (AvgIpc) is 2.13. The van der Waals surface area contributed by atoms with Gasteiger partial charge < -0.3 is 0 Å². The van der Waals surface area contributed by atoms with Crippen LogP contribution >= 0.6 is 12.6 Å². The molecule has 94 valence electrons. The Labute approximate surface area is 105 Å². The first-order chi connectivity index (χ1) is 7.45. The summed E-state index contributed by atoms with van der Waals surface area (Å²) < 4.78 is 0. The van der Waals surface area contributed by atoms with E-state index in [1.807, 2.05) is 13.8 Å². The molecule has 0 bridgehead atoms. The van der Waals surface area contributed by atoms with E-state index in [2.05, 4.69) is 32.7 Å². The summed E-state index contributed by atoms with van der Waals surface area (Å²) in [7, 11) is 0. The highest BCUT2D eigenvalue weighted by Gasteiger charge is 2.32. The lowest BCUT2D eigenvalue weighted by Gasteiger charge is -2.32. The summed E-state index contributed by atoms with van der Waals surface area (Å²) in [5, 5.41) is 0. The number of allylic oxidation sites excluding steroid dienone is 2. The van der Waals surface area contributed by atoms with Gasteiger partial charge in [0.25, 0.3) is 0 Å². The van der Waals surface area contributed by atoms with Crippen LogP contribution in [0.4, 0.5) is 0 Å². The van der Waals surface area contributed by atoms with Crippen LogP contribution in [-0.2, 0) is 9.68 Å². The third-order valence-corrected chi connectivity index (χ3v) is 2.18. The van der Waals surface area contributed by atoms with E-state index in [4.69, 9.17) is 9.68 Å². The fourth-order valence-corrected chi connectivity index (χ4v) is 1.67. The van der Waals surface area contributed by atoms with Gasteiger partial charge in [-0.2, -0.15) is 12.6 Å². The minimum atomic E-state index is 0.113. The van der Waals surface area contributed by atoms with E-state index in [9.17, 15) is 0 Å². The first-order valence-corrected chi connectivity index (χ1v) is 6.27. The molecule has 0 unspecified atom stereocenters. The van der Waals surface area contributed by atoms with Crippen LogP contribution < -0.4 is 0 Å². The molecule has 0 radical (unpaired) electrons. The van der Waals surface area contributed by atoms with Crippen molar-refractivity contribution in [2.45, 2.75) is 33.6 Å². The molecule has 0 aliphatic heterocycles. The van der Waals surface area contributed by atoms with Gasteiger partial charge in [0.2, 0.25) is 0 Å². The van der Waals surface area contributed by atoms with Crippen molar-refractivity contribution >= 4 is 12.6 Å². The third kappa shape index (κ3) is 6.08. The molecule has 0 rings (SSSR count). The number of hydrogen-bond acceptors (Lipinski definition) is 3. The topological polar surface area (TPSA) is 18.5 Å². The molecule has 0 fully saturated rings. The molecule has 0 spiro atoms. The molecular weight excluding hydrogens is 222 g/mol. The molecule has 0 aromatic carbocycles. The monoisotopic (exact) mass is 246 g/mol. The molecule has 0 amide bonds. The molecular formula is C12H24NO2S+. The number of quaternary nitrogens is 1. The van der Waals surface area contributed by atoms with Crippen LogP contribution in [0.2, 0.25) is 0 Å². The van der Waals surface area contributed by atoms with Gasteiger partial charge in [0, 0.05) is 17.7 Å². The van der Waals surface area contributed by atoms with Gasteiger partial charge in [0.15, 0.2) is 24.6 Å². The molecule has 0 aliphatic carbocycles. The SMILES string of the molecule is C=C(C)O[N+](CCC)(CCCS)OC(=C)C. The molecule has 0 aliphatic rings. The van der Waals surface area contributed by atoms with E-state index in [1.54, 1.807) is 0 Å². The first-order valence-electron chi connectivity index (χ1n) is 5.64. The zero-order valence-electron chi connectivity index (χ0n) is 10.7. The Morgan fingerprint density at radius 3 is 1.94 bits per heavy atom. The second-order valence-electron chi connectivity index (χ2n) is 3.93. The zero-order valence-corrected chi connectivity index (χ0v) is 11.6. The Kier molecular flexibility index (Phi) is 7.34. The highest BCUT2D eigenvalue weighted by Crippen LogP contribution is 2.19. The van der Waals surface area contributed by atoms with Crippen molar-refractivity contribution in [3.63, 3.8) is 0 Å². The van der Waals surface area contributed by atoms with Crippen LogP contribution in [-0.4, -0.2) is 23.7 Å². The van der Waals surface area contributed by atoms with Crippen LogP contribution in [0, 0.1) is 0 Å². The third-order valence-electron chi connectivity index (χ3n) is 1.87. The lowest BCUT2D eigenvalue weighted by Crippen LogP contribution is -2.48. The van der Waals surface area contributed by atoms with Gasteiger partial charge in [-0.15, -0.1) is 0 Å². The highest BCUT2D eigenvalue weighted by atomic mass is 32.1. The standard InChI is InChI=1S/C12H23NO2S/c1-6-8-13(9-7-10-16,14-11(2)3)15-12(4)5/h2,4,6-10H2,1,3,5H3/p+1. The Morgan fingerprint density at radius 1 is 1.12 bits per heavy atom. The van der Waals surface area contributed by atoms with Crippen molar-refractivity contribution < 1.29 is 14.5 Å². The molecule has 0 aromatic heterocycles. The van der Waals surface area contributed by atoms with Crippen LogP contribution in [0.1, 0.15) is 33.6 Å². The Morgan fingerprint density at radius 2 is 1.62 bits per heavy atom. The summed E-state index contributed by atoms with van der Waals surface area (Å²) in [5.74, 6) is 2.10. The number of hydrogen-bond donors (Lipinski definition) is 1. The first kappa shape index (κ1) is 15.4. The second kappa shape index (κ2) is 7.63. The number of rotatable bonds is 9. The fraction of sp³-hybridized carbons (Fsp3) is 0.667. The van der Waals surface area contributed by atoms with E-state index in [0.29, 0.717) is 11.5 Å². The highest BCUT2D eigenvalue weighted by molar-refractivity contribution is 7.80. The maximum Gasteiger partial charge on any atom is 0.162 e. The van der Waals surface area contributed by atoms with E-state index in [-0.39, 0.29) is 4.81 Å². The largest absolute Gasteiger partial charge is 0.276 e. The summed E-state index contributed by atoms with van der Waals surface area (Å²) in [6.45, 7) is 14.8. The van der Waals surface area contributed by atoms with Crippen LogP contribution in [0.25, 0.3) is 0 Å². The number of thiol groups is 1. The van der Waals surface area contributed by atoms with E-state index in [1.165, 1.54) is 0 Å². The van der Waals surface area contributed by atoms with Crippen LogP contribution in [0.15, 0.2) is 24.7 Å². The lowest BCUT2D eigenvalue weighted by atomic mass is 10.4. The van der Waals surface area contributed by atoms with Crippen LogP contribution in [0.3, 0.4) is 0 Å². The molecule has 0 saturated carbocycles. The van der Waals surface area contributed by atoms with Crippen molar-refractivity contribution in [3.05, 3.63) is 24.7 Å². The Balaban J connectivity index is 4.71. The molecule has 0 aromatic rings. The summed E-state index contributed by atoms with van der Waals surface area (Å²) >= 11 is 4.22. The normalized spacial score (nSPS) is 11.0. The van der Waals surface area contributed by atoms with Crippen molar-refractivity contribution in [2.24, 2.45) is 0 Å². The second-order valence-corrected chi connectivity index (χ2v) is 4.37. The van der Waals surface area contributed by atoms with E-state index >= 15 is 0 Å². The average molecular weight is 246 g/mol. The molecule has 0 saturated heterocycles. The minimum Gasteiger partial charge on any atom is -0.276 e. The summed E-state index contributed by atoms with van der Waals surface area (Å²) in [6, 6.07) is 0. The van der Waals surface area contributed by atoms with Crippen molar-refractivity contribution in [3.8, 4) is 0 Å². The summed E-state index contributed by atoms with van der Waals surface area (Å²) in [5.41, 5.74) is 0. The fourth-order valence-electron chi connectivity index (χ4n) is 1.53. The molecule has 3 nitrogen and oxygen atoms in total. The number of nitrogens with zero attached hydrogens (tertiary/aromatic N) is 1. The molecule has 4 heteroatoms. The molecule has 0 heterocycles. The predicted octanol–water partition coefficient (Wildman–Crippen LogP) is 3.46. The van der Waals surface area contributed by atoms with Gasteiger partial charge in [-0.3, -0.25) is 9.68 Å². The van der Waals surface area contributed by atoms with Crippen molar-refractivity contribution in [1.29, 1.82) is 0 Å².